The normalized spacial score (nSPS) is 10.2. The van der Waals surface area contributed by atoms with Crippen molar-refractivity contribution in [3.8, 4) is 0 Å². The number of anilines is 1. The van der Waals surface area contributed by atoms with Crippen LogP contribution in [0.2, 0.25) is 0 Å². The number of nitrogens with zero attached hydrogens (tertiary/aromatic N) is 2. The molecule has 0 fully saturated rings. The summed E-state index contributed by atoms with van der Waals surface area (Å²) in [6.07, 6.45) is 0. The summed E-state index contributed by atoms with van der Waals surface area (Å²) >= 11 is 0. The van der Waals surface area contributed by atoms with Gasteiger partial charge in [0.15, 0.2) is 0 Å². The summed E-state index contributed by atoms with van der Waals surface area (Å²) in [6.45, 7) is 3.80. The largest absolute Gasteiger partial charge is 0.378 e. The van der Waals surface area contributed by atoms with Gasteiger partial charge in [0.1, 0.15) is 0 Å². The van der Waals surface area contributed by atoms with Gasteiger partial charge in [0.05, 0.1) is 6.54 Å². The van der Waals surface area contributed by atoms with Crippen LogP contribution in [0.15, 0.2) is 24.3 Å². The van der Waals surface area contributed by atoms with Crippen molar-refractivity contribution in [1.82, 2.24) is 10.2 Å². The molecule has 0 atom stereocenters. The zero-order valence-corrected chi connectivity index (χ0v) is 11.7. The number of nitrogens with one attached hydrogen (secondary N) is 1. The van der Waals surface area contributed by atoms with E-state index in [0.717, 1.165) is 12.1 Å². The van der Waals surface area contributed by atoms with Crippen molar-refractivity contribution in [2.75, 3.05) is 39.1 Å². The Bertz CT molecular complexity index is 373. The number of benzene rings is 1. The molecule has 1 amide bonds. The summed E-state index contributed by atoms with van der Waals surface area (Å²) in [5.74, 6) is 0.136. The lowest BCUT2D eigenvalue weighted by Gasteiger charge is -2.21. The van der Waals surface area contributed by atoms with Crippen molar-refractivity contribution in [1.29, 1.82) is 0 Å². The van der Waals surface area contributed by atoms with Crippen LogP contribution in [0.5, 0.6) is 0 Å². The number of carbonyl (C=O) groups is 1. The molecule has 0 unspecified atom stereocenters. The van der Waals surface area contributed by atoms with Gasteiger partial charge in [-0.05, 0) is 31.7 Å². The minimum absolute atomic E-state index is 0.136. The Kier molecular flexibility index (Phi) is 5.65. The fraction of sp³-hybridized carbons (Fsp3) is 0.500. The van der Waals surface area contributed by atoms with E-state index in [0.29, 0.717) is 13.1 Å². The molecule has 1 aromatic rings. The lowest BCUT2D eigenvalue weighted by atomic mass is 10.2. The molecule has 0 aromatic heterocycles. The van der Waals surface area contributed by atoms with Gasteiger partial charge < -0.3 is 15.1 Å². The van der Waals surface area contributed by atoms with Gasteiger partial charge in [-0.25, -0.2) is 0 Å². The van der Waals surface area contributed by atoms with Crippen LogP contribution in [-0.2, 0) is 11.3 Å². The molecular formula is C14H23N3O. The molecule has 0 radical (unpaired) electrons. The molecule has 0 spiro atoms. The molecule has 0 aliphatic carbocycles. The van der Waals surface area contributed by atoms with Crippen LogP contribution in [0.3, 0.4) is 0 Å². The Morgan fingerprint density at radius 3 is 2.28 bits per heavy atom. The molecule has 18 heavy (non-hydrogen) atoms. The molecule has 0 aliphatic rings. The van der Waals surface area contributed by atoms with Crippen LogP contribution in [0.4, 0.5) is 5.69 Å². The highest BCUT2D eigenvalue weighted by molar-refractivity contribution is 5.78. The first-order valence-corrected chi connectivity index (χ1v) is 6.27. The van der Waals surface area contributed by atoms with Gasteiger partial charge in [0.2, 0.25) is 5.91 Å². The monoisotopic (exact) mass is 249 g/mol. The maximum absolute atomic E-state index is 11.8. The number of hydrogen-bond donors (Lipinski definition) is 1. The molecule has 0 aliphatic heterocycles. The second-order valence-electron chi connectivity index (χ2n) is 4.50. The Labute approximate surface area is 110 Å². The lowest BCUT2D eigenvalue weighted by Crippen LogP contribution is -2.36. The molecule has 0 saturated heterocycles. The zero-order valence-electron chi connectivity index (χ0n) is 11.7. The number of hydrogen-bond acceptors (Lipinski definition) is 3. The number of carbonyl (C=O) groups excluding carboxylic acids is 1. The van der Waals surface area contributed by atoms with E-state index < -0.39 is 0 Å². The standard InChI is InChI=1S/C14H23N3O/c1-5-17(14(18)10-15-2)11-12-6-8-13(9-7-12)16(3)4/h6-9,15H,5,10-11H2,1-4H3. The predicted molar refractivity (Wildman–Crippen MR) is 75.8 cm³/mol. The molecule has 1 rings (SSSR count). The van der Waals surface area contributed by atoms with E-state index in [2.05, 4.69) is 34.5 Å². The SMILES string of the molecule is CCN(Cc1ccc(N(C)C)cc1)C(=O)CNC. The maximum Gasteiger partial charge on any atom is 0.236 e. The van der Waals surface area contributed by atoms with Crippen molar-refractivity contribution in [3.05, 3.63) is 29.8 Å². The minimum atomic E-state index is 0.136. The average Bonchev–Trinajstić information content (AvgIpc) is 2.36. The summed E-state index contributed by atoms with van der Waals surface area (Å²) in [4.78, 5) is 15.7. The topological polar surface area (TPSA) is 35.6 Å². The first-order chi connectivity index (χ1) is 8.58. The smallest absolute Gasteiger partial charge is 0.236 e. The first kappa shape index (κ1) is 14.5. The lowest BCUT2D eigenvalue weighted by molar-refractivity contribution is -0.130. The van der Waals surface area contributed by atoms with Crippen molar-refractivity contribution in [2.24, 2.45) is 0 Å². The Hall–Kier alpha value is -1.55. The fourth-order valence-electron chi connectivity index (χ4n) is 1.76. The van der Waals surface area contributed by atoms with E-state index in [1.54, 1.807) is 7.05 Å². The Morgan fingerprint density at radius 1 is 1.22 bits per heavy atom. The fourth-order valence-corrected chi connectivity index (χ4v) is 1.76. The first-order valence-electron chi connectivity index (χ1n) is 6.27. The van der Waals surface area contributed by atoms with Crippen molar-refractivity contribution in [2.45, 2.75) is 13.5 Å². The van der Waals surface area contributed by atoms with Crippen molar-refractivity contribution in [3.63, 3.8) is 0 Å². The summed E-state index contributed by atoms with van der Waals surface area (Å²) in [7, 11) is 5.82. The molecule has 0 heterocycles. The number of amides is 1. The highest BCUT2D eigenvalue weighted by atomic mass is 16.2. The van der Waals surface area contributed by atoms with E-state index in [1.807, 2.05) is 25.9 Å². The van der Waals surface area contributed by atoms with Gasteiger partial charge in [-0.1, -0.05) is 12.1 Å². The van der Waals surface area contributed by atoms with Gasteiger partial charge in [-0.15, -0.1) is 0 Å². The third-order valence-electron chi connectivity index (χ3n) is 2.89. The third-order valence-corrected chi connectivity index (χ3v) is 2.89. The van der Waals surface area contributed by atoms with Crippen LogP contribution in [0.1, 0.15) is 12.5 Å². The average molecular weight is 249 g/mol. The predicted octanol–water partition coefficient (Wildman–Crippen LogP) is 1.32. The summed E-state index contributed by atoms with van der Waals surface area (Å²) in [6, 6.07) is 8.30. The molecule has 0 bridgehead atoms. The van der Waals surface area contributed by atoms with Gasteiger partial charge >= 0.3 is 0 Å². The summed E-state index contributed by atoms with van der Waals surface area (Å²) < 4.78 is 0. The van der Waals surface area contributed by atoms with Crippen LogP contribution in [0, 0.1) is 0 Å². The van der Waals surface area contributed by atoms with Crippen LogP contribution in [-0.4, -0.2) is 45.0 Å². The number of rotatable bonds is 6. The van der Waals surface area contributed by atoms with Crippen LogP contribution in [0.25, 0.3) is 0 Å². The molecule has 4 nitrogen and oxygen atoms in total. The highest BCUT2D eigenvalue weighted by Crippen LogP contribution is 2.13. The van der Waals surface area contributed by atoms with Crippen molar-refractivity contribution >= 4 is 11.6 Å². The second-order valence-corrected chi connectivity index (χ2v) is 4.50. The summed E-state index contributed by atoms with van der Waals surface area (Å²) in [5, 5.41) is 2.89. The van der Waals surface area contributed by atoms with E-state index in [4.69, 9.17) is 0 Å². The molecule has 100 valence electrons. The Balaban J connectivity index is 2.67. The molecule has 4 heteroatoms. The maximum atomic E-state index is 11.8. The van der Waals surface area contributed by atoms with Gasteiger partial charge in [-0.3, -0.25) is 4.79 Å². The molecule has 1 N–H and O–H groups in total. The molecule has 0 saturated carbocycles. The summed E-state index contributed by atoms with van der Waals surface area (Å²) in [5.41, 5.74) is 2.33. The molecular weight excluding hydrogens is 226 g/mol. The van der Waals surface area contributed by atoms with E-state index in [-0.39, 0.29) is 5.91 Å². The van der Waals surface area contributed by atoms with Crippen molar-refractivity contribution < 1.29 is 4.79 Å². The zero-order chi connectivity index (χ0) is 13.5. The van der Waals surface area contributed by atoms with Crippen LogP contribution < -0.4 is 10.2 Å². The number of likely N-dealkylation sites (N-methyl/N-ethyl adjacent to an activating group) is 2. The highest BCUT2D eigenvalue weighted by Gasteiger charge is 2.10. The Morgan fingerprint density at radius 2 is 1.83 bits per heavy atom. The van der Waals surface area contributed by atoms with Gasteiger partial charge in [0, 0.05) is 32.9 Å². The van der Waals surface area contributed by atoms with Crippen LogP contribution >= 0.6 is 0 Å². The third kappa shape index (κ3) is 4.04. The second kappa shape index (κ2) is 7.01. The minimum Gasteiger partial charge on any atom is -0.378 e. The molecule has 1 aromatic carbocycles. The van der Waals surface area contributed by atoms with E-state index in [1.165, 1.54) is 5.69 Å². The van der Waals surface area contributed by atoms with Gasteiger partial charge in [0.25, 0.3) is 0 Å². The van der Waals surface area contributed by atoms with Gasteiger partial charge in [-0.2, -0.15) is 0 Å². The van der Waals surface area contributed by atoms with E-state index in [9.17, 15) is 4.79 Å². The quantitative estimate of drug-likeness (QED) is 0.826. The van der Waals surface area contributed by atoms with E-state index >= 15 is 0 Å².